The highest BCUT2D eigenvalue weighted by Crippen LogP contribution is 2.41. The molecule has 1 heterocycles. The topological polar surface area (TPSA) is 124 Å². The van der Waals surface area contributed by atoms with Crippen LogP contribution in [0.15, 0.2) is 42.0 Å². The molecule has 0 aromatic heterocycles. The number of aliphatic hydroxyl groups excluding tert-OH is 1. The number of likely N-dealkylation sites (tertiary alicyclic amines) is 1. The number of carbonyl (C=O) groups is 2. The van der Waals surface area contributed by atoms with Gasteiger partial charge >= 0.3 is 0 Å². The molecular weight excluding hydrogens is 414 g/mol. The highest BCUT2D eigenvalue weighted by Gasteiger charge is 2.46. The first-order chi connectivity index (χ1) is 15.0. The number of non-ortho nitro benzene ring substituents is 1. The minimum atomic E-state index is -1.03. The maximum atomic E-state index is 13.0. The van der Waals surface area contributed by atoms with E-state index >= 15 is 0 Å². The van der Waals surface area contributed by atoms with Gasteiger partial charge in [0.1, 0.15) is 11.5 Å². The largest absolute Gasteiger partial charge is 0.507 e. The molecule has 1 aliphatic rings. The molecule has 9 nitrogen and oxygen atoms in total. The van der Waals surface area contributed by atoms with Crippen LogP contribution in [-0.2, 0) is 9.59 Å². The quantitative estimate of drug-likeness (QED) is 0.233. The molecule has 0 unspecified atom stereocenters. The number of benzene rings is 2. The first-order valence-electron chi connectivity index (χ1n) is 10.0. The molecule has 0 radical (unpaired) electrons. The number of aliphatic hydroxyl groups is 1. The molecule has 0 aliphatic carbocycles. The van der Waals surface area contributed by atoms with Crippen LogP contribution < -0.4 is 0 Å². The highest BCUT2D eigenvalue weighted by atomic mass is 16.6. The van der Waals surface area contributed by atoms with Gasteiger partial charge in [-0.25, -0.2) is 0 Å². The third-order valence-corrected chi connectivity index (χ3v) is 5.59. The maximum Gasteiger partial charge on any atom is 0.295 e. The van der Waals surface area contributed by atoms with Gasteiger partial charge in [-0.2, -0.15) is 0 Å². The van der Waals surface area contributed by atoms with E-state index in [-0.39, 0.29) is 29.1 Å². The van der Waals surface area contributed by atoms with Crippen LogP contribution in [0.25, 0.3) is 5.76 Å². The van der Waals surface area contributed by atoms with Crippen molar-refractivity contribution in [2.75, 3.05) is 27.2 Å². The van der Waals surface area contributed by atoms with E-state index in [1.807, 2.05) is 19.0 Å². The molecule has 0 bridgehead atoms. The van der Waals surface area contributed by atoms with Crippen LogP contribution in [0.5, 0.6) is 5.75 Å². The minimum Gasteiger partial charge on any atom is -0.507 e. The van der Waals surface area contributed by atoms with Gasteiger partial charge in [-0.05, 0) is 56.8 Å². The van der Waals surface area contributed by atoms with Crippen LogP contribution >= 0.6 is 0 Å². The molecular formula is C23H25N3O6. The summed E-state index contributed by atoms with van der Waals surface area (Å²) in [7, 11) is 3.62. The Morgan fingerprint density at radius 2 is 1.81 bits per heavy atom. The van der Waals surface area contributed by atoms with Gasteiger partial charge < -0.3 is 20.0 Å². The van der Waals surface area contributed by atoms with Crippen molar-refractivity contribution in [3.63, 3.8) is 0 Å². The van der Waals surface area contributed by atoms with Crippen molar-refractivity contribution >= 4 is 23.1 Å². The summed E-state index contributed by atoms with van der Waals surface area (Å²) in [6.45, 7) is 4.19. The number of rotatable bonds is 6. The van der Waals surface area contributed by atoms with E-state index in [4.69, 9.17) is 0 Å². The van der Waals surface area contributed by atoms with Crippen molar-refractivity contribution < 1.29 is 24.7 Å². The van der Waals surface area contributed by atoms with Crippen LogP contribution in [-0.4, -0.2) is 63.8 Å². The molecule has 2 N–H and O–H groups in total. The lowest BCUT2D eigenvalue weighted by molar-refractivity contribution is -0.384. The smallest absolute Gasteiger partial charge is 0.295 e. The van der Waals surface area contributed by atoms with E-state index in [9.17, 15) is 29.9 Å². The van der Waals surface area contributed by atoms with E-state index < -0.39 is 28.4 Å². The number of phenols is 1. The third-order valence-electron chi connectivity index (χ3n) is 5.59. The monoisotopic (exact) mass is 439 g/mol. The van der Waals surface area contributed by atoms with Gasteiger partial charge in [-0.3, -0.25) is 19.7 Å². The van der Waals surface area contributed by atoms with Crippen LogP contribution in [0.1, 0.15) is 28.3 Å². The molecule has 168 valence electrons. The summed E-state index contributed by atoms with van der Waals surface area (Å²) in [5, 5.41) is 32.8. The second-order valence-corrected chi connectivity index (χ2v) is 8.10. The zero-order valence-electron chi connectivity index (χ0n) is 18.3. The number of nitro benzene ring substituents is 1. The Hall–Kier alpha value is -3.72. The number of nitrogens with zero attached hydrogens (tertiary/aromatic N) is 3. The van der Waals surface area contributed by atoms with Crippen LogP contribution in [0.3, 0.4) is 0 Å². The Morgan fingerprint density at radius 1 is 1.16 bits per heavy atom. The molecule has 9 heteroatoms. The molecule has 2 aromatic carbocycles. The second-order valence-electron chi connectivity index (χ2n) is 8.10. The summed E-state index contributed by atoms with van der Waals surface area (Å²) < 4.78 is 0. The number of aromatic hydroxyl groups is 1. The summed E-state index contributed by atoms with van der Waals surface area (Å²) in [6.07, 6.45) is 0. The minimum absolute atomic E-state index is 0.0224. The van der Waals surface area contributed by atoms with E-state index in [1.54, 1.807) is 19.9 Å². The van der Waals surface area contributed by atoms with Crippen molar-refractivity contribution in [3.05, 3.63) is 74.3 Å². The molecule has 3 rings (SSSR count). The third kappa shape index (κ3) is 4.19. The number of aryl methyl sites for hydroxylation is 2. The van der Waals surface area contributed by atoms with Gasteiger partial charge in [0.2, 0.25) is 0 Å². The van der Waals surface area contributed by atoms with E-state index in [1.165, 1.54) is 35.2 Å². The summed E-state index contributed by atoms with van der Waals surface area (Å²) in [6, 6.07) is 7.60. The molecule has 1 saturated heterocycles. The Labute approximate surface area is 185 Å². The van der Waals surface area contributed by atoms with Crippen LogP contribution in [0.4, 0.5) is 5.69 Å². The van der Waals surface area contributed by atoms with Crippen molar-refractivity contribution in [2.24, 2.45) is 0 Å². The fraction of sp³-hybridized carbons (Fsp3) is 0.304. The number of Topliss-reactive ketones (excluding diaryl/α,β-unsaturated/α-hetero) is 1. The fourth-order valence-electron chi connectivity index (χ4n) is 3.71. The maximum absolute atomic E-state index is 13.0. The number of likely N-dealkylation sites (N-methyl/N-ethyl adjacent to an activating group) is 1. The number of hydrogen-bond donors (Lipinski definition) is 2. The van der Waals surface area contributed by atoms with Gasteiger partial charge in [-0.1, -0.05) is 12.1 Å². The summed E-state index contributed by atoms with van der Waals surface area (Å²) in [4.78, 5) is 39.8. The first kappa shape index (κ1) is 23.0. The highest BCUT2D eigenvalue weighted by molar-refractivity contribution is 6.46. The van der Waals surface area contributed by atoms with Crippen LogP contribution in [0.2, 0.25) is 0 Å². The van der Waals surface area contributed by atoms with E-state index in [0.29, 0.717) is 12.1 Å². The van der Waals surface area contributed by atoms with E-state index in [2.05, 4.69) is 0 Å². The summed E-state index contributed by atoms with van der Waals surface area (Å²) in [5.74, 6) is -2.47. The molecule has 1 amide bonds. The molecule has 1 atom stereocenters. The van der Waals surface area contributed by atoms with Gasteiger partial charge in [0.15, 0.2) is 0 Å². The summed E-state index contributed by atoms with van der Waals surface area (Å²) in [5.41, 5.74) is 1.50. The Morgan fingerprint density at radius 3 is 2.44 bits per heavy atom. The van der Waals surface area contributed by atoms with Crippen molar-refractivity contribution in [2.45, 2.75) is 19.9 Å². The van der Waals surface area contributed by atoms with Crippen molar-refractivity contribution in [1.29, 1.82) is 0 Å². The lowest BCUT2D eigenvalue weighted by atomic mass is 9.93. The Balaban J connectivity index is 2.24. The predicted octanol–water partition coefficient (Wildman–Crippen LogP) is 2.90. The van der Waals surface area contributed by atoms with Gasteiger partial charge in [0.25, 0.3) is 17.4 Å². The number of amides is 1. The average molecular weight is 439 g/mol. The molecule has 2 aromatic rings. The van der Waals surface area contributed by atoms with Crippen molar-refractivity contribution in [3.8, 4) is 5.75 Å². The predicted molar refractivity (Wildman–Crippen MR) is 118 cm³/mol. The number of hydrogen-bond acceptors (Lipinski definition) is 7. The first-order valence-corrected chi connectivity index (χ1v) is 10.0. The Kier molecular flexibility index (Phi) is 6.31. The van der Waals surface area contributed by atoms with Gasteiger partial charge in [-0.15, -0.1) is 0 Å². The molecule has 0 spiro atoms. The van der Waals surface area contributed by atoms with Gasteiger partial charge in [0.05, 0.1) is 22.1 Å². The Bertz CT molecular complexity index is 1140. The zero-order valence-corrected chi connectivity index (χ0v) is 18.3. The molecule has 0 saturated carbocycles. The normalized spacial score (nSPS) is 17.9. The fourth-order valence-corrected chi connectivity index (χ4v) is 3.71. The number of carbonyl (C=O) groups excluding carboxylic acids is 2. The van der Waals surface area contributed by atoms with Crippen molar-refractivity contribution in [1.82, 2.24) is 9.80 Å². The zero-order chi connectivity index (χ0) is 23.7. The number of nitro groups is 1. The average Bonchev–Trinajstić information content (AvgIpc) is 2.99. The molecule has 32 heavy (non-hydrogen) atoms. The molecule has 1 fully saturated rings. The SMILES string of the molecule is Cc1cc(O)c(C(O)=C2C(=O)C(=O)N(CCN(C)C)[C@H]2c2cccc([N+](=O)[O-])c2)cc1C. The van der Waals surface area contributed by atoms with Gasteiger partial charge in [0, 0.05) is 25.2 Å². The number of ketones is 1. The lowest BCUT2D eigenvalue weighted by Gasteiger charge is -2.26. The molecule has 1 aliphatic heterocycles. The summed E-state index contributed by atoms with van der Waals surface area (Å²) >= 11 is 0. The second kappa shape index (κ2) is 8.80. The standard InChI is InChI=1S/C23H25N3O6/c1-13-10-17(18(27)11-14(13)2)21(28)19-20(15-6-5-7-16(12-15)26(31)32)25(9-8-24(3)4)23(30)22(19)29/h5-7,10-12,20,27-28H,8-9H2,1-4H3/t20-/m0/s1. The van der Waals surface area contributed by atoms with E-state index in [0.717, 1.165) is 11.1 Å². The number of phenolic OH excluding ortho intramolecular Hbond substituents is 1. The lowest BCUT2D eigenvalue weighted by Crippen LogP contribution is -2.35. The van der Waals surface area contributed by atoms with Crippen LogP contribution in [0, 0.1) is 24.0 Å².